The van der Waals surface area contributed by atoms with Crippen molar-refractivity contribution in [2.24, 2.45) is 0 Å². The minimum atomic E-state index is 0.0767. The number of piperazine rings is 1. The van der Waals surface area contributed by atoms with E-state index in [-0.39, 0.29) is 17.9 Å². The Morgan fingerprint density at radius 1 is 1.05 bits per heavy atom. The molecule has 5 heteroatoms. The fraction of sp³-hybridized carbons (Fsp3) is 0.529. The van der Waals surface area contributed by atoms with Gasteiger partial charge in [-0.25, -0.2) is 0 Å². The van der Waals surface area contributed by atoms with Crippen LogP contribution in [-0.4, -0.2) is 53.9 Å². The molecule has 0 atom stereocenters. The van der Waals surface area contributed by atoms with E-state index in [0.717, 1.165) is 11.3 Å². The minimum absolute atomic E-state index is 0.0767. The summed E-state index contributed by atoms with van der Waals surface area (Å²) in [5.41, 5.74) is 0.982. The number of rotatable bonds is 4. The molecule has 22 heavy (non-hydrogen) atoms. The van der Waals surface area contributed by atoms with Crippen molar-refractivity contribution in [3.63, 3.8) is 0 Å². The van der Waals surface area contributed by atoms with E-state index in [4.69, 9.17) is 4.74 Å². The molecule has 1 aromatic carbocycles. The Bertz CT molecular complexity index is 517. The molecule has 1 saturated heterocycles. The Kier molecular flexibility index (Phi) is 5.41. The van der Waals surface area contributed by atoms with Crippen molar-refractivity contribution >= 4 is 11.8 Å². The molecule has 2 amide bonds. The lowest BCUT2D eigenvalue weighted by atomic mass is 10.1. The highest BCUT2D eigenvalue weighted by atomic mass is 16.5. The number of ether oxygens (including phenoxy) is 1. The molecular weight excluding hydrogens is 280 g/mol. The van der Waals surface area contributed by atoms with Crippen LogP contribution >= 0.6 is 0 Å². The molecule has 0 unspecified atom stereocenters. The fourth-order valence-corrected chi connectivity index (χ4v) is 2.52. The Morgan fingerprint density at radius 3 is 2.09 bits per heavy atom. The number of hydrogen-bond donors (Lipinski definition) is 0. The van der Waals surface area contributed by atoms with Crippen molar-refractivity contribution in [3.8, 4) is 5.75 Å². The number of amides is 2. The number of carbonyl (C=O) groups is 2. The topological polar surface area (TPSA) is 49.9 Å². The lowest BCUT2D eigenvalue weighted by Crippen LogP contribution is -2.50. The predicted octanol–water partition coefficient (Wildman–Crippen LogP) is 1.71. The highest BCUT2D eigenvalue weighted by Crippen LogP contribution is 2.15. The first-order valence-corrected chi connectivity index (χ1v) is 7.74. The molecule has 0 bridgehead atoms. The molecule has 1 aliphatic rings. The zero-order valence-corrected chi connectivity index (χ0v) is 13.5. The third-order valence-electron chi connectivity index (χ3n) is 3.73. The van der Waals surface area contributed by atoms with Crippen molar-refractivity contribution in [3.05, 3.63) is 29.8 Å². The number of nitrogens with zero attached hydrogens (tertiary/aromatic N) is 2. The average molecular weight is 304 g/mol. The van der Waals surface area contributed by atoms with E-state index < -0.39 is 0 Å². The minimum Gasteiger partial charge on any atom is -0.491 e. The molecule has 0 N–H and O–H groups in total. The Morgan fingerprint density at radius 2 is 1.59 bits per heavy atom. The smallest absolute Gasteiger partial charge is 0.227 e. The Balaban J connectivity index is 1.86. The monoisotopic (exact) mass is 304 g/mol. The third kappa shape index (κ3) is 4.48. The van der Waals surface area contributed by atoms with Gasteiger partial charge in [-0.2, -0.15) is 0 Å². The van der Waals surface area contributed by atoms with Gasteiger partial charge in [-0.3, -0.25) is 9.59 Å². The van der Waals surface area contributed by atoms with Gasteiger partial charge in [0.05, 0.1) is 12.5 Å². The van der Waals surface area contributed by atoms with Crippen LogP contribution < -0.4 is 4.74 Å². The first-order valence-electron chi connectivity index (χ1n) is 7.74. The highest BCUT2D eigenvalue weighted by Gasteiger charge is 2.22. The number of benzene rings is 1. The quantitative estimate of drug-likeness (QED) is 0.851. The summed E-state index contributed by atoms with van der Waals surface area (Å²) >= 11 is 0. The fourth-order valence-electron chi connectivity index (χ4n) is 2.52. The van der Waals surface area contributed by atoms with Crippen molar-refractivity contribution in [1.29, 1.82) is 0 Å². The van der Waals surface area contributed by atoms with Crippen LogP contribution in [0.5, 0.6) is 5.75 Å². The molecule has 1 aromatic rings. The normalized spacial score (nSPS) is 15.1. The second-order valence-corrected chi connectivity index (χ2v) is 5.87. The van der Waals surface area contributed by atoms with Crippen molar-refractivity contribution in [2.75, 3.05) is 26.2 Å². The van der Waals surface area contributed by atoms with Crippen molar-refractivity contribution in [2.45, 2.75) is 33.3 Å². The van der Waals surface area contributed by atoms with Gasteiger partial charge >= 0.3 is 0 Å². The van der Waals surface area contributed by atoms with Crippen LogP contribution in [0.3, 0.4) is 0 Å². The van der Waals surface area contributed by atoms with Crippen LogP contribution in [0.25, 0.3) is 0 Å². The first-order chi connectivity index (χ1) is 10.5. The zero-order chi connectivity index (χ0) is 16.1. The second-order valence-electron chi connectivity index (χ2n) is 5.87. The number of carbonyl (C=O) groups excluding carboxylic acids is 2. The Hall–Kier alpha value is -2.04. The van der Waals surface area contributed by atoms with Gasteiger partial charge in [-0.1, -0.05) is 12.1 Å². The molecular formula is C17H24N2O3. The van der Waals surface area contributed by atoms with Crippen LogP contribution in [-0.2, 0) is 16.0 Å². The van der Waals surface area contributed by atoms with Gasteiger partial charge in [0, 0.05) is 33.1 Å². The van der Waals surface area contributed by atoms with E-state index in [9.17, 15) is 9.59 Å². The van der Waals surface area contributed by atoms with Crippen LogP contribution in [0.4, 0.5) is 0 Å². The molecule has 5 nitrogen and oxygen atoms in total. The Labute approximate surface area is 131 Å². The molecule has 2 rings (SSSR count). The molecule has 1 aliphatic heterocycles. The van der Waals surface area contributed by atoms with E-state index in [1.165, 1.54) is 0 Å². The SMILES string of the molecule is CC(=O)N1CCN(C(=O)Cc2ccc(OC(C)C)cc2)CC1. The first kappa shape index (κ1) is 16.3. The van der Waals surface area contributed by atoms with Gasteiger partial charge in [-0.05, 0) is 31.5 Å². The van der Waals surface area contributed by atoms with Crippen molar-refractivity contribution < 1.29 is 14.3 Å². The van der Waals surface area contributed by atoms with E-state index in [0.29, 0.717) is 32.6 Å². The van der Waals surface area contributed by atoms with Gasteiger partial charge in [-0.15, -0.1) is 0 Å². The second kappa shape index (κ2) is 7.29. The zero-order valence-electron chi connectivity index (χ0n) is 13.5. The largest absolute Gasteiger partial charge is 0.491 e. The van der Waals surface area contributed by atoms with Gasteiger partial charge in [0.25, 0.3) is 0 Å². The van der Waals surface area contributed by atoms with Crippen molar-refractivity contribution in [1.82, 2.24) is 9.80 Å². The molecule has 0 aromatic heterocycles. The summed E-state index contributed by atoms with van der Waals surface area (Å²) in [5.74, 6) is 1.01. The predicted molar refractivity (Wildman–Crippen MR) is 84.7 cm³/mol. The van der Waals surface area contributed by atoms with Crippen LogP contribution in [0.1, 0.15) is 26.3 Å². The van der Waals surface area contributed by atoms with E-state index in [1.807, 2.05) is 43.0 Å². The molecule has 0 radical (unpaired) electrons. The van der Waals surface area contributed by atoms with Crippen LogP contribution in [0, 0.1) is 0 Å². The van der Waals surface area contributed by atoms with E-state index in [1.54, 1.807) is 11.8 Å². The highest BCUT2D eigenvalue weighted by molar-refractivity contribution is 5.79. The number of hydrogen-bond acceptors (Lipinski definition) is 3. The summed E-state index contributed by atoms with van der Waals surface area (Å²) in [6.45, 7) is 8.03. The van der Waals surface area contributed by atoms with E-state index >= 15 is 0 Å². The average Bonchev–Trinajstić information content (AvgIpc) is 2.49. The summed E-state index contributed by atoms with van der Waals surface area (Å²) < 4.78 is 5.59. The summed E-state index contributed by atoms with van der Waals surface area (Å²) in [7, 11) is 0. The lowest BCUT2D eigenvalue weighted by molar-refractivity contribution is -0.138. The summed E-state index contributed by atoms with van der Waals surface area (Å²) in [4.78, 5) is 27.2. The summed E-state index contributed by atoms with van der Waals surface area (Å²) in [5, 5.41) is 0. The molecule has 120 valence electrons. The van der Waals surface area contributed by atoms with Gasteiger partial charge in [0.2, 0.25) is 11.8 Å². The van der Waals surface area contributed by atoms with Gasteiger partial charge < -0.3 is 14.5 Å². The molecule has 0 saturated carbocycles. The molecule has 1 fully saturated rings. The summed E-state index contributed by atoms with van der Waals surface area (Å²) in [6.07, 6.45) is 0.534. The van der Waals surface area contributed by atoms with Crippen LogP contribution in [0.15, 0.2) is 24.3 Å². The maximum atomic E-state index is 12.3. The maximum Gasteiger partial charge on any atom is 0.227 e. The van der Waals surface area contributed by atoms with E-state index in [2.05, 4.69) is 0 Å². The maximum absolute atomic E-state index is 12.3. The van der Waals surface area contributed by atoms with Gasteiger partial charge in [0.1, 0.15) is 5.75 Å². The molecule has 1 heterocycles. The summed E-state index contributed by atoms with van der Waals surface area (Å²) in [6, 6.07) is 7.66. The molecule has 0 spiro atoms. The standard InChI is InChI=1S/C17H24N2O3/c1-13(2)22-16-6-4-15(5-7-16)12-17(21)19-10-8-18(9-11-19)14(3)20/h4-7,13H,8-12H2,1-3H3. The molecule has 0 aliphatic carbocycles. The lowest BCUT2D eigenvalue weighted by Gasteiger charge is -2.34. The third-order valence-corrected chi connectivity index (χ3v) is 3.73. The van der Waals surface area contributed by atoms with Gasteiger partial charge in [0.15, 0.2) is 0 Å². The van der Waals surface area contributed by atoms with Crippen LogP contribution in [0.2, 0.25) is 0 Å².